The zero-order valence-electron chi connectivity index (χ0n) is 12.3. The molecule has 1 rings (SSSR count). The largest absolute Gasteiger partial charge is 0.313 e. The van der Waals surface area contributed by atoms with Gasteiger partial charge in [-0.25, -0.2) is 13.1 Å². The van der Waals surface area contributed by atoms with E-state index in [0.717, 1.165) is 24.3 Å². The molecule has 0 aliphatic heterocycles. The van der Waals surface area contributed by atoms with E-state index in [-0.39, 0.29) is 6.04 Å². The van der Waals surface area contributed by atoms with Crippen LogP contribution in [0.5, 0.6) is 0 Å². The summed E-state index contributed by atoms with van der Waals surface area (Å²) in [6, 6.07) is 7.08. The van der Waals surface area contributed by atoms with Crippen LogP contribution < -0.4 is 10.0 Å². The molecule has 0 amide bonds. The van der Waals surface area contributed by atoms with Gasteiger partial charge in [0.15, 0.2) is 0 Å². The monoisotopic (exact) mass is 316 g/mol. The Morgan fingerprint density at radius 2 is 2.00 bits per heavy atom. The lowest BCUT2D eigenvalue weighted by Crippen LogP contribution is -2.33. The first-order valence-corrected chi connectivity index (χ1v) is 9.68. The van der Waals surface area contributed by atoms with E-state index in [9.17, 15) is 8.42 Å². The Labute approximate surface area is 126 Å². The van der Waals surface area contributed by atoms with E-state index in [4.69, 9.17) is 0 Å². The Bertz CT molecular complexity index is 504. The van der Waals surface area contributed by atoms with Gasteiger partial charge in [0, 0.05) is 12.6 Å². The fourth-order valence-corrected chi connectivity index (χ4v) is 3.96. The summed E-state index contributed by atoms with van der Waals surface area (Å²) >= 11 is 1.72. The minimum atomic E-state index is -3.45. The summed E-state index contributed by atoms with van der Waals surface area (Å²) in [5.74, 6) is 0.947. The number of hydrogen-bond acceptors (Lipinski definition) is 4. The maximum atomic E-state index is 12.4. The summed E-state index contributed by atoms with van der Waals surface area (Å²) in [5, 5.41) is 3.17. The van der Waals surface area contributed by atoms with Gasteiger partial charge in [0.05, 0.1) is 4.90 Å². The second-order valence-corrected chi connectivity index (χ2v) is 7.36. The zero-order valence-corrected chi connectivity index (χ0v) is 14.0. The second-order valence-electron chi connectivity index (χ2n) is 4.69. The van der Waals surface area contributed by atoms with Crippen molar-refractivity contribution < 1.29 is 8.42 Å². The summed E-state index contributed by atoms with van der Waals surface area (Å²) in [5.41, 5.74) is 0.805. The van der Waals surface area contributed by atoms with E-state index in [1.165, 1.54) is 0 Å². The molecule has 1 aromatic rings. The van der Waals surface area contributed by atoms with E-state index in [2.05, 4.69) is 10.0 Å². The lowest BCUT2D eigenvalue weighted by atomic mass is 10.2. The second kappa shape index (κ2) is 8.67. The van der Waals surface area contributed by atoms with E-state index in [1.807, 2.05) is 32.2 Å². The normalized spacial score (nSPS) is 13.3. The topological polar surface area (TPSA) is 58.2 Å². The molecule has 0 radical (unpaired) electrons. The van der Waals surface area contributed by atoms with Crippen molar-refractivity contribution in [1.29, 1.82) is 0 Å². The molecule has 20 heavy (non-hydrogen) atoms. The fourth-order valence-electron chi connectivity index (χ4n) is 1.85. The van der Waals surface area contributed by atoms with Crippen molar-refractivity contribution in [3.05, 3.63) is 29.8 Å². The molecule has 0 bridgehead atoms. The molecule has 0 fully saturated rings. The van der Waals surface area contributed by atoms with Crippen LogP contribution in [0.4, 0.5) is 0 Å². The molecule has 0 saturated carbocycles. The highest BCUT2D eigenvalue weighted by molar-refractivity contribution is 7.98. The van der Waals surface area contributed by atoms with Gasteiger partial charge < -0.3 is 5.32 Å². The van der Waals surface area contributed by atoms with Gasteiger partial charge in [0.25, 0.3) is 0 Å². The first-order valence-electron chi connectivity index (χ1n) is 6.81. The highest BCUT2D eigenvalue weighted by atomic mass is 32.2. The molecule has 2 N–H and O–H groups in total. The Kier molecular flexibility index (Phi) is 7.58. The van der Waals surface area contributed by atoms with Crippen molar-refractivity contribution in [2.24, 2.45) is 0 Å². The van der Waals surface area contributed by atoms with Gasteiger partial charge in [-0.1, -0.05) is 25.1 Å². The summed E-state index contributed by atoms with van der Waals surface area (Å²) in [6.07, 6.45) is 2.85. The predicted octanol–water partition coefficient (Wildman–Crippen LogP) is 2.22. The molecule has 4 nitrogen and oxygen atoms in total. The van der Waals surface area contributed by atoms with E-state index in [0.29, 0.717) is 11.4 Å². The van der Waals surface area contributed by atoms with Crippen LogP contribution in [0.15, 0.2) is 29.2 Å². The maximum Gasteiger partial charge on any atom is 0.241 e. The lowest BCUT2D eigenvalue weighted by molar-refractivity contribution is 0.555. The molecule has 1 aromatic carbocycles. The number of sulfonamides is 1. The van der Waals surface area contributed by atoms with E-state index in [1.54, 1.807) is 23.9 Å². The van der Waals surface area contributed by atoms with Crippen molar-refractivity contribution in [1.82, 2.24) is 10.0 Å². The van der Waals surface area contributed by atoms with Crippen molar-refractivity contribution in [2.45, 2.75) is 37.8 Å². The first-order chi connectivity index (χ1) is 9.51. The minimum absolute atomic E-state index is 0.0559. The number of nitrogens with one attached hydrogen (secondary N) is 2. The average Bonchev–Trinajstić information content (AvgIpc) is 2.42. The van der Waals surface area contributed by atoms with Gasteiger partial charge in [-0.2, -0.15) is 11.8 Å². The van der Waals surface area contributed by atoms with Crippen molar-refractivity contribution in [3.63, 3.8) is 0 Å². The third-order valence-corrected chi connectivity index (χ3v) is 5.27. The summed E-state index contributed by atoms with van der Waals surface area (Å²) < 4.78 is 27.6. The average molecular weight is 316 g/mol. The van der Waals surface area contributed by atoms with E-state index >= 15 is 0 Å². The number of thioether (sulfide) groups is 1. The van der Waals surface area contributed by atoms with Gasteiger partial charge in [0.2, 0.25) is 10.0 Å². The van der Waals surface area contributed by atoms with Crippen LogP contribution in [-0.4, -0.2) is 33.0 Å². The Morgan fingerprint density at radius 1 is 1.30 bits per heavy atom. The molecular formula is C14H24N2O2S2. The van der Waals surface area contributed by atoms with Gasteiger partial charge in [-0.15, -0.1) is 0 Å². The molecular weight excluding hydrogens is 292 g/mol. The van der Waals surface area contributed by atoms with Crippen LogP contribution in [0.2, 0.25) is 0 Å². The SMILES string of the molecule is CCNCc1ccccc1S(=O)(=O)NC(C)CCSC. The standard InChI is InChI=1S/C14H24N2O2S2/c1-4-15-11-13-7-5-6-8-14(13)20(17,18)16-12(2)9-10-19-3/h5-8,12,15-16H,4,9-11H2,1-3H3. The molecule has 114 valence electrons. The molecule has 1 unspecified atom stereocenters. The van der Waals surface area contributed by atoms with Crippen LogP contribution in [-0.2, 0) is 16.6 Å². The van der Waals surface area contributed by atoms with E-state index < -0.39 is 10.0 Å². The lowest BCUT2D eigenvalue weighted by Gasteiger charge is -2.16. The van der Waals surface area contributed by atoms with Crippen molar-refractivity contribution in [2.75, 3.05) is 18.6 Å². The number of hydrogen-bond donors (Lipinski definition) is 2. The Morgan fingerprint density at radius 3 is 2.65 bits per heavy atom. The van der Waals surface area contributed by atoms with Gasteiger partial charge in [-0.05, 0) is 43.5 Å². The molecule has 0 aliphatic rings. The molecule has 6 heteroatoms. The van der Waals surface area contributed by atoms with Gasteiger partial charge in [0.1, 0.15) is 0 Å². The predicted molar refractivity (Wildman–Crippen MR) is 86.6 cm³/mol. The van der Waals surface area contributed by atoms with Crippen LogP contribution in [0.3, 0.4) is 0 Å². The highest BCUT2D eigenvalue weighted by Gasteiger charge is 2.20. The van der Waals surface area contributed by atoms with Crippen LogP contribution in [0.25, 0.3) is 0 Å². The molecule has 0 aromatic heterocycles. The number of benzene rings is 1. The van der Waals surface area contributed by atoms with Crippen LogP contribution in [0, 0.1) is 0 Å². The summed E-state index contributed by atoms with van der Waals surface area (Å²) in [7, 11) is -3.45. The highest BCUT2D eigenvalue weighted by Crippen LogP contribution is 2.16. The van der Waals surface area contributed by atoms with Crippen molar-refractivity contribution >= 4 is 21.8 Å². The third-order valence-electron chi connectivity index (χ3n) is 2.94. The minimum Gasteiger partial charge on any atom is -0.313 e. The van der Waals surface area contributed by atoms with Crippen LogP contribution in [0.1, 0.15) is 25.8 Å². The maximum absolute atomic E-state index is 12.4. The zero-order chi connectivity index (χ0) is 15.0. The third kappa shape index (κ3) is 5.44. The Hall–Kier alpha value is -0.560. The smallest absolute Gasteiger partial charge is 0.241 e. The van der Waals surface area contributed by atoms with Gasteiger partial charge >= 0.3 is 0 Å². The van der Waals surface area contributed by atoms with Crippen molar-refractivity contribution in [3.8, 4) is 0 Å². The summed E-state index contributed by atoms with van der Waals surface area (Å²) in [6.45, 7) is 5.28. The molecule has 0 spiro atoms. The fraction of sp³-hybridized carbons (Fsp3) is 0.571. The molecule has 0 saturated heterocycles. The number of rotatable bonds is 9. The molecule has 0 aliphatic carbocycles. The molecule has 1 atom stereocenters. The van der Waals surface area contributed by atoms with Gasteiger partial charge in [-0.3, -0.25) is 0 Å². The summed E-state index contributed by atoms with van der Waals surface area (Å²) in [4.78, 5) is 0.372. The molecule has 0 heterocycles. The quantitative estimate of drug-likeness (QED) is 0.733. The van der Waals surface area contributed by atoms with Crippen LogP contribution >= 0.6 is 11.8 Å². The Balaban J connectivity index is 2.86. The first kappa shape index (κ1) is 17.5.